The fourth-order valence-electron chi connectivity index (χ4n) is 5.51. The molecule has 2 atom stereocenters. The second-order valence-corrected chi connectivity index (χ2v) is 10.0. The molecule has 2 unspecified atom stereocenters. The van der Waals surface area contributed by atoms with Crippen LogP contribution in [0.5, 0.6) is 0 Å². The van der Waals surface area contributed by atoms with Crippen LogP contribution in [0.1, 0.15) is 89.2 Å². The molecular formula is C21H35N5O2. The lowest BCUT2D eigenvalue weighted by molar-refractivity contribution is -0.0102. The molecule has 3 heterocycles. The third kappa shape index (κ3) is 3.78. The first kappa shape index (κ1) is 19.7. The Balaban J connectivity index is 1.54. The van der Waals surface area contributed by atoms with Crippen LogP contribution in [0.25, 0.3) is 0 Å². The molecule has 1 aromatic heterocycles. The maximum absolute atomic E-state index is 11.3. The molecule has 0 spiro atoms. The standard InChI is InChI=1S/C21H35N5O2/c1-21(2,3)17-16(19-22-18(23-24-19)14-6-4-7-14)8-5-11-26(17)15-9-12-25(13-10-15)20(27)28/h14-17H,4-13H2,1-3H3,(H,27,28)(H,22,23,24). The maximum Gasteiger partial charge on any atom is 0.407 e. The van der Waals surface area contributed by atoms with Crippen LogP contribution in [-0.2, 0) is 0 Å². The summed E-state index contributed by atoms with van der Waals surface area (Å²) in [5, 5.41) is 17.1. The van der Waals surface area contributed by atoms with E-state index in [1.807, 2.05) is 0 Å². The van der Waals surface area contributed by atoms with Gasteiger partial charge in [-0.2, -0.15) is 5.10 Å². The van der Waals surface area contributed by atoms with Gasteiger partial charge >= 0.3 is 6.09 Å². The number of carboxylic acid groups (broad SMARTS) is 1. The van der Waals surface area contributed by atoms with Gasteiger partial charge in [0.15, 0.2) is 5.82 Å². The second kappa shape index (κ2) is 7.65. The van der Waals surface area contributed by atoms with E-state index in [0.717, 1.165) is 43.9 Å². The zero-order valence-electron chi connectivity index (χ0n) is 17.5. The van der Waals surface area contributed by atoms with Crippen molar-refractivity contribution in [2.45, 2.75) is 89.6 Å². The molecule has 7 nitrogen and oxygen atoms in total. The van der Waals surface area contributed by atoms with Gasteiger partial charge in [0.1, 0.15) is 5.82 Å². The highest BCUT2D eigenvalue weighted by atomic mass is 16.4. The van der Waals surface area contributed by atoms with Crippen molar-refractivity contribution >= 4 is 6.09 Å². The number of piperidine rings is 2. The summed E-state index contributed by atoms with van der Waals surface area (Å²) < 4.78 is 0. The van der Waals surface area contributed by atoms with Crippen molar-refractivity contribution in [1.82, 2.24) is 25.0 Å². The number of hydrogen-bond donors (Lipinski definition) is 2. The van der Waals surface area contributed by atoms with Crippen LogP contribution in [0.3, 0.4) is 0 Å². The monoisotopic (exact) mass is 389 g/mol. The zero-order chi connectivity index (χ0) is 19.9. The Morgan fingerprint density at radius 3 is 2.36 bits per heavy atom. The number of amides is 1. The number of nitrogens with one attached hydrogen (secondary N) is 1. The van der Waals surface area contributed by atoms with E-state index < -0.39 is 6.09 Å². The minimum Gasteiger partial charge on any atom is -0.465 e. The molecule has 0 bridgehead atoms. The average molecular weight is 390 g/mol. The summed E-state index contributed by atoms with van der Waals surface area (Å²) in [6.07, 6.45) is 7.11. The maximum atomic E-state index is 11.3. The minimum atomic E-state index is -0.785. The molecule has 3 fully saturated rings. The number of likely N-dealkylation sites (tertiary alicyclic amines) is 2. The van der Waals surface area contributed by atoms with Crippen molar-refractivity contribution in [2.24, 2.45) is 5.41 Å². The van der Waals surface area contributed by atoms with Crippen molar-refractivity contribution in [3.63, 3.8) is 0 Å². The number of aromatic amines is 1. The van der Waals surface area contributed by atoms with Crippen LogP contribution in [0.15, 0.2) is 0 Å². The summed E-state index contributed by atoms with van der Waals surface area (Å²) in [6, 6.07) is 0.849. The first-order valence-electron chi connectivity index (χ1n) is 11.0. The van der Waals surface area contributed by atoms with E-state index in [1.165, 1.54) is 19.3 Å². The van der Waals surface area contributed by atoms with Gasteiger partial charge in [0.05, 0.1) is 0 Å². The van der Waals surface area contributed by atoms with E-state index in [-0.39, 0.29) is 5.41 Å². The average Bonchev–Trinajstić information content (AvgIpc) is 3.08. The van der Waals surface area contributed by atoms with E-state index in [0.29, 0.717) is 37.0 Å². The summed E-state index contributed by atoms with van der Waals surface area (Å²) in [7, 11) is 0. The Kier molecular flexibility index (Phi) is 5.38. The van der Waals surface area contributed by atoms with Gasteiger partial charge in [-0.3, -0.25) is 10.00 Å². The molecule has 156 valence electrons. The summed E-state index contributed by atoms with van der Waals surface area (Å²) in [6.45, 7) is 9.38. The molecule has 1 saturated carbocycles. The number of aromatic nitrogens is 3. The topological polar surface area (TPSA) is 85.4 Å². The fraction of sp³-hybridized carbons (Fsp3) is 0.857. The summed E-state index contributed by atoms with van der Waals surface area (Å²) in [5.74, 6) is 3.00. The van der Waals surface area contributed by atoms with Crippen LogP contribution in [0.4, 0.5) is 4.79 Å². The Morgan fingerprint density at radius 1 is 1.07 bits per heavy atom. The number of rotatable bonds is 3. The largest absolute Gasteiger partial charge is 0.465 e. The molecule has 28 heavy (non-hydrogen) atoms. The van der Waals surface area contributed by atoms with E-state index in [2.05, 4.69) is 35.9 Å². The summed E-state index contributed by atoms with van der Waals surface area (Å²) in [5.41, 5.74) is 0.123. The SMILES string of the molecule is CC(C)(C)C1C(c2nc(C3CCC3)n[nH]2)CCCN1C1CCN(C(=O)O)CC1. The Hall–Kier alpha value is -1.63. The molecule has 0 aromatic carbocycles. The van der Waals surface area contributed by atoms with Gasteiger partial charge in [0, 0.05) is 37.0 Å². The quantitative estimate of drug-likeness (QED) is 0.821. The van der Waals surface area contributed by atoms with Crippen LogP contribution in [0, 0.1) is 5.41 Å². The molecule has 2 aliphatic heterocycles. The number of nitrogens with zero attached hydrogens (tertiary/aromatic N) is 4. The van der Waals surface area contributed by atoms with Crippen molar-refractivity contribution in [3.8, 4) is 0 Å². The lowest BCUT2D eigenvalue weighted by atomic mass is 9.72. The first-order chi connectivity index (χ1) is 13.3. The first-order valence-corrected chi connectivity index (χ1v) is 11.0. The molecule has 2 N–H and O–H groups in total. The van der Waals surface area contributed by atoms with E-state index in [1.54, 1.807) is 4.90 Å². The molecule has 1 aromatic rings. The lowest BCUT2D eigenvalue weighted by Crippen LogP contribution is -2.57. The summed E-state index contributed by atoms with van der Waals surface area (Å²) in [4.78, 5) is 20.5. The number of hydrogen-bond acceptors (Lipinski definition) is 4. The van der Waals surface area contributed by atoms with Gasteiger partial charge in [0.2, 0.25) is 0 Å². The van der Waals surface area contributed by atoms with Crippen LogP contribution < -0.4 is 0 Å². The molecule has 0 radical (unpaired) electrons. The third-order valence-electron chi connectivity index (χ3n) is 7.10. The molecule has 2 saturated heterocycles. The molecule has 1 aliphatic carbocycles. The van der Waals surface area contributed by atoms with Gasteiger partial charge in [-0.25, -0.2) is 9.78 Å². The molecule has 7 heteroatoms. The molecule has 1 amide bonds. The van der Waals surface area contributed by atoms with E-state index in [4.69, 9.17) is 4.98 Å². The van der Waals surface area contributed by atoms with Crippen LogP contribution >= 0.6 is 0 Å². The number of carbonyl (C=O) groups is 1. The van der Waals surface area contributed by atoms with Crippen molar-refractivity contribution < 1.29 is 9.90 Å². The van der Waals surface area contributed by atoms with Gasteiger partial charge in [-0.05, 0) is 50.5 Å². The third-order valence-corrected chi connectivity index (χ3v) is 7.10. The molecule has 4 rings (SSSR count). The van der Waals surface area contributed by atoms with Crippen LogP contribution in [-0.4, -0.2) is 67.9 Å². The van der Waals surface area contributed by atoms with E-state index >= 15 is 0 Å². The van der Waals surface area contributed by atoms with Gasteiger partial charge in [-0.15, -0.1) is 0 Å². The van der Waals surface area contributed by atoms with Gasteiger partial charge in [0.25, 0.3) is 0 Å². The highest BCUT2D eigenvalue weighted by Gasteiger charge is 2.44. The minimum absolute atomic E-state index is 0.123. The fourth-order valence-corrected chi connectivity index (χ4v) is 5.51. The zero-order valence-corrected chi connectivity index (χ0v) is 17.5. The smallest absolute Gasteiger partial charge is 0.407 e. The Bertz CT molecular complexity index is 685. The Labute approximate surface area is 167 Å². The Morgan fingerprint density at radius 2 is 1.79 bits per heavy atom. The number of H-pyrrole nitrogens is 1. The van der Waals surface area contributed by atoms with Crippen LogP contribution in [0.2, 0.25) is 0 Å². The molecular weight excluding hydrogens is 354 g/mol. The summed E-state index contributed by atoms with van der Waals surface area (Å²) >= 11 is 0. The van der Waals surface area contributed by atoms with Crippen molar-refractivity contribution in [2.75, 3.05) is 19.6 Å². The highest BCUT2D eigenvalue weighted by Crippen LogP contribution is 2.43. The second-order valence-electron chi connectivity index (χ2n) is 10.0. The molecule has 3 aliphatic rings. The normalized spacial score (nSPS) is 28.3. The van der Waals surface area contributed by atoms with Gasteiger partial charge in [-0.1, -0.05) is 27.2 Å². The highest BCUT2D eigenvalue weighted by molar-refractivity contribution is 5.65. The predicted molar refractivity (Wildman–Crippen MR) is 108 cm³/mol. The predicted octanol–water partition coefficient (Wildman–Crippen LogP) is 3.81. The van der Waals surface area contributed by atoms with Gasteiger partial charge < -0.3 is 10.0 Å². The van der Waals surface area contributed by atoms with E-state index in [9.17, 15) is 9.90 Å². The van der Waals surface area contributed by atoms with Crippen molar-refractivity contribution in [3.05, 3.63) is 11.6 Å². The van der Waals surface area contributed by atoms with Crippen molar-refractivity contribution in [1.29, 1.82) is 0 Å². The lowest BCUT2D eigenvalue weighted by Gasteiger charge is -2.52.